The maximum atomic E-state index is 11.7. The van der Waals surface area contributed by atoms with E-state index < -0.39 is 11.4 Å². The van der Waals surface area contributed by atoms with Gasteiger partial charge in [-0.25, -0.2) is 0 Å². The molecule has 1 saturated carbocycles. The lowest BCUT2D eigenvalue weighted by Gasteiger charge is -2.34. The van der Waals surface area contributed by atoms with E-state index >= 15 is 0 Å². The molecule has 1 fully saturated rings. The standard InChI is InChI=1S/C14H18O4/c1-18-12-10(6-5-7-11(12)15)14(13(16)17)8-3-2-4-9-14/h5-7,15H,2-4,8-9H2,1H3,(H,16,17). The van der Waals surface area contributed by atoms with Gasteiger partial charge in [0.15, 0.2) is 11.5 Å². The Morgan fingerprint density at radius 2 is 1.94 bits per heavy atom. The van der Waals surface area contributed by atoms with Gasteiger partial charge in [0.05, 0.1) is 12.5 Å². The number of rotatable bonds is 3. The van der Waals surface area contributed by atoms with Crippen molar-refractivity contribution in [2.24, 2.45) is 0 Å². The Kier molecular flexibility index (Phi) is 3.45. The summed E-state index contributed by atoms with van der Waals surface area (Å²) < 4.78 is 5.19. The maximum Gasteiger partial charge on any atom is 0.314 e. The Morgan fingerprint density at radius 3 is 2.50 bits per heavy atom. The second-order valence-electron chi connectivity index (χ2n) is 4.81. The van der Waals surface area contributed by atoms with Crippen molar-refractivity contribution in [1.82, 2.24) is 0 Å². The summed E-state index contributed by atoms with van der Waals surface area (Å²) >= 11 is 0. The maximum absolute atomic E-state index is 11.7. The molecule has 0 radical (unpaired) electrons. The van der Waals surface area contributed by atoms with Crippen molar-refractivity contribution in [2.45, 2.75) is 37.5 Å². The van der Waals surface area contributed by atoms with Gasteiger partial charge in [-0.1, -0.05) is 31.4 Å². The predicted octanol–water partition coefficient (Wildman–Crippen LogP) is 2.69. The number of para-hydroxylation sites is 1. The number of methoxy groups -OCH3 is 1. The summed E-state index contributed by atoms with van der Waals surface area (Å²) in [5, 5.41) is 19.4. The molecule has 1 aromatic rings. The predicted molar refractivity (Wildman–Crippen MR) is 67.1 cm³/mol. The molecule has 0 bridgehead atoms. The van der Waals surface area contributed by atoms with Crippen molar-refractivity contribution in [3.05, 3.63) is 23.8 Å². The second kappa shape index (κ2) is 4.88. The number of carboxylic acids is 1. The van der Waals surface area contributed by atoms with Gasteiger partial charge in [-0.05, 0) is 18.9 Å². The molecule has 4 nitrogen and oxygen atoms in total. The molecule has 0 amide bonds. The van der Waals surface area contributed by atoms with Gasteiger partial charge in [0, 0.05) is 5.56 Å². The first-order valence-corrected chi connectivity index (χ1v) is 6.21. The third-order valence-corrected chi connectivity index (χ3v) is 3.83. The Hall–Kier alpha value is -1.71. The van der Waals surface area contributed by atoms with E-state index in [2.05, 4.69) is 0 Å². The van der Waals surface area contributed by atoms with E-state index in [0.717, 1.165) is 19.3 Å². The molecule has 0 spiro atoms. The largest absolute Gasteiger partial charge is 0.504 e. The molecule has 0 saturated heterocycles. The average Bonchev–Trinajstić information content (AvgIpc) is 2.39. The average molecular weight is 250 g/mol. The van der Waals surface area contributed by atoms with Crippen LogP contribution >= 0.6 is 0 Å². The highest BCUT2D eigenvalue weighted by molar-refractivity contribution is 5.83. The van der Waals surface area contributed by atoms with Crippen molar-refractivity contribution >= 4 is 5.97 Å². The normalized spacial score (nSPS) is 18.3. The van der Waals surface area contributed by atoms with E-state index in [9.17, 15) is 15.0 Å². The second-order valence-corrected chi connectivity index (χ2v) is 4.81. The molecular formula is C14H18O4. The van der Waals surface area contributed by atoms with Crippen molar-refractivity contribution < 1.29 is 19.7 Å². The van der Waals surface area contributed by atoms with Crippen LogP contribution in [0.1, 0.15) is 37.7 Å². The third kappa shape index (κ3) is 1.92. The fourth-order valence-electron chi connectivity index (χ4n) is 2.87. The molecule has 0 aromatic heterocycles. The van der Waals surface area contributed by atoms with Crippen LogP contribution in [0.5, 0.6) is 11.5 Å². The molecule has 2 rings (SSSR count). The van der Waals surface area contributed by atoms with Crippen LogP contribution in [-0.4, -0.2) is 23.3 Å². The Morgan fingerprint density at radius 1 is 1.28 bits per heavy atom. The SMILES string of the molecule is COc1c(O)cccc1C1(C(=O)O)CCCCC1. The lowest BCUT2D eigenvalue weighted by molar-refractivity contribution is -0.145. The van der Waals surface area contributed by atoms with Crippen molar-refractivity contribution in [2.75, 3.05) is 7.11 Å². The Labute approximate surface area is 106 Å². The van der Waals surface area contributed by atoms with Crippen LogP contribution in [0, 0.1) is 0 Å². The van der Waals surface area contributed by atoms with E-state index in [4.69, 9.17) is 4.74 Å². The van der Waals surface area contributed by atoms with Crippen LogP contribution in [0.3, 0.4) is 0 Å². The van der Waals surface area contributed by atoms with E-state index in [-0.39, 0.29) is 5.75 Å². The number of carboxylic acid groups (broad SMARTS) is 1. The van der Waals surface area contributed by atoms with Crippen LogP contribution in [0.25, 0.3) is 0 Å². The topological polar surface area (TPSA) is 66.8 Å². The lowest BCUT2D eigenvalue weighted by atomic mass is 9.69. The van der Waals surface area contributed by atoms with Crippen LogP contribution in [0.15, 0.2) is 18.2 Å². The molecule has 18 heavy (non-hydrogen) atoms. The van der Waals surface area contributed by atoms with Gasteiger partial charge < -0.3 is 14.9 Å². The summed E-state index contributed by atoms with van der Waals surface area (Å²) in [7, 11) is 1.46. The minimum Gasteiger partial charge on any atom is -0.504 e. The van der Waals surface area contributed by atoms with Gasteiger partial charge >= 0.3 is 5.97 Å². The molecule has 4 heteroatoms. The summed E-state index contributed by atoms with van der Waals surface area (Å²) in [5.41, 5.74) is -0.320. The Bertz CT molecular complexity index is 447. The highest BCUT2D eigenvalue weighted by Crippen LogP contribution is 2.46. The number of phenols is 1. The molecule has 0 aliphatic heterocycles. The lowest BCUT2D eigenvalue weighted by Crippen LogP contribution is -2.38. The van der Waals surface area contributed by atoms with Gasteiger partial charge in [-0.3, -0.25) is 4.79 Å². The summed E-state index contributed by atoms with van der Waals surface area (Å²) in [6.07, 6.45) is 4.05. The highest BCUT2D eigenvalue weighted by Gasteiger charge is 2.43. The number of hydrogen-bond donors (Lipinski definition) is 2. The molecule has 0 heterocycles. The fraction of sp³-hybridized carbons (Fsp3) is 0.500. The third-order valence-electron chi connectivity index (χ3n) is 3.83. The minimum absolute atomic E-state index is 0.00111. The summed E-state index contributed by atoms with van der Waals surface area (Å²) in [6, 6.07) is 4.94. The minimum atomic E-state index is -0.914. The van der Waals surface area contributed by atoms with Gasteiger partial charge in [0.1, 0.15) is 0 Å². The van der Waals surface area contributed by atoms with Gasteiger partial charge in [0.25, 0.3) is 0 Å². The first kappa shape index (κ1) is 12.7. The number of hydrogen-bond acceptors (Lipinski definition) is 3. The van der Waals surface area contributed by atoms with Gasteiger partial charge in [-0.15, -0.1) is 0 Å². The van der Waals surface area contributed by atoms with Crippen LogP contribution < -0.4 is 4.74 Å². The zero-order valence-corrected chi connectivity index (χ0v) is 10.5. The monoisotopic (exact) mass is 250 g/mol. The van der Waals surface area contributed by atoms with Crippen LogP contribution in [-0.2, 0) is 10.2 Å². The van der Waals surface area contributed by atoms with Crippen LogP contribution in [0.4, 0.5) is 0 Å². The van der Waals surface area contributed by atoms with E-state index in [1.807, 2.05) is 0 Å². The molecule has 1 aliphatic rings. The highest BCUT2D eigenvalue weighted by atomic mass is 16.5. The number of aromatic hydroxyl groups is 1. The Balaban J connectivity index is 2.55. The first-order chi connectivity index (χ1) is 8.62. The number of benzene rings is 1. The van der Waals surface area contributed by atoms with Crippen molar-refractivity contribution in [1.29, 1.82) is 0 Å². The van der Waals surface area contributed by atoms with E-state index in [1.165, 1.54) is 13.2 Å². The van der Waals surface area contributed by atoms with E-state index in [1.54, 1.807) is 12.1 Å². The number of ether oxygens (including phenoxy) is 1. The van der Waals surface area contributed by atoms with Crippen molar-refractivity contribution in [3.63, 3.8) is 0 Å². The molecule has 98 valence electrons. The molecule has 1 aromatic carbocycles. The van der Waals surface area contributed by atoms with Gasteiger partial charge in [0.2, 0.25) is 0 Å². The number of carbonyl (C=O) groups is 1. The zero-order chi connectivity index (χ0) is 13.2. The van der Waals surface area contributed by atoms with E-state index in [0.29, 0.717) is 24.2 Å². The molecular weight excluding hydrogens is 232 g/mol. The smallest absolute Gasteiger partial charge is 0.314 e. The van der Waals surface area contributed by atoms with Crippen molar-refractivity contribution in [3.8, 4) is 11.5 Å². The summed E-state index contributed by atoms with van der Waals surface area (Å²) in [6.45, 7) is 0. The van der Waals surface area contributed by atoms with Gasteiger partial charge in [-0.2, -0.15) is 0 Å². The zero-order valence-electron chi connectivity index (χ0n) is 10.5. The molecule has 2 N–H and O–H groups in total. The van der Waals surface area contributed by atoms with Crippen LogP contribution in [0.2, 0.25) is 0 Å². The number of phenolic OH excluding ortho intramolecular Hbond substituents is 1. The molecule has 0 atom stereocenters. The summed E-state index contributed by atoms with van der Waals surface area (Å²) in [4.78, 5) is 11.7. The fourth-order valence-corrected chi connectivity index (χ4v) is 2.87. The quantitative estimate of drug-likeness (QED) is 0.865. The number of aliphatic carboxylic acids is 1. The first-order valence-electron chi connectivity index (χ1n) is 6.21. The molecule has 1 aliphatic carbocycles. The summed E-state index contributed by atoms with van der Waals surface area (Å²) in [5.74, 6) is -0.533. The molecule has 0 unspecified atom stereocenters.